The zero-order chi connectivity index (χ0) is 19.6. The zero-order valence-corrected chi connectivity index (χ0v) is 17.4. The van der Waals surface area contributed by atoms with Crippen LogP contribution in [0.2, 0.25) is 0 Å². The Morgan fingerprint density at radius 2 is 1.82 bits per heavy atom. The summed E-state index contributed by atoms with van der Waals surface area (Å²) >= 11 is 1.72. The van der Waals surface area contributed by atoms with Gasteiger partial charge in [-0.3, -0.25) is 0 Å². The molecule has 0 spiro atoms. The summed E-state index contributed by atoms with van der Waals surface area (Å²) < 4.78 is 34.0. The van der Waals surface area contributed by atoms with Gasteiger partial charge >= 0.3 is 0 Å². The molecule has 8 heteroatoms. The molecule has 3 aromatic rings. The molecule has 0 saturated carbocycles. The van der Waals surface area contributed by atoms with E-state index >= 15 is 0 Å². The summed E-state index contributed by atoms with van der Waals surface area (Å²) in [5, 5.41) is 1.11. The van der Waals surface area contributed by atoms with Crippen molar-refractivity contribution in [2.45, 2.75) is 18.4 Å². The molecule has 0 atom stereocenters. The lowest BCUT2D eigenvalue weighted by Gasteiger charge is -2.31. The Bertz CT molecular complexity index is 1010. The summed E-state index contributed by atoms with van der Waals surface area (Å²) in [6.07, 6.45) is 0. The molecule has 1 aromatic heterocycles. The number of fused-ring (bicyclic) bond motifs is 1. The molecule has 1 N–H and O–H groups in total. The molecule has 28 heavy (non-hydrogen) atoms. The van der Waals surface area contributed by atoms with Crippen molar-refractivity contribution >= 4 is 31.6 Å². The van der Waals surface area contributed by atoms with E-state index in [1.54, 1.807) is 39.9 Å². The maximum absolute atomic E-state index is 12.9. The van der Waals surface area contributed by atoms with Gasteiger partial charge in [-0.05, 0) is 43.3 Å². The number of thiazole rings is 1. The first kappa shape index (κ1) is 19.3. The summed E-state index contributed by atoms with van der Waals surface area (Å²) in [5.74, 6) is 0.687. The Morgan fingerprint density at radius 1 is 1.11 bits per heavy atom. The second-order valence-corrected chi connectivity index (χ2v) is 9.86. The van der Waals surface area contributed by atoms with E-state index in [0.29, 0.717) is 30.3 Å². The van der Waals surface area contributed by atoms with Crippen LogP contribution < -0.4 is 9.64 Å². The van der Waals surface area contributed by atoms with Crippen LogP contribution in [0.4, 0.5) is 0 Å². The average Bonchev–Trinajstić information content (AvgIpc) is 3.11. The summed E-state index contributed by atoms with van der Waals surface area (Å²) in [5.41, 5.74) is 1.04. The molecule has 0 unspecified atom stereocenters. The molecule has 2 aromatic carbocycles. The van der Waals surface area contributed by atoms with Gasteiger partial charge in [-0.2, -0.15) is 4.31 Å². The van der Waals surface area contributed by atoms with E-state index < -0.39 is 10.0 Å². The standard InChI is InChI=1S/C20H23N3O3S2/c1-2-26-16-7-9-17(10-8-16)28(24,25)23-13-11-22(12-14-23)15-20-21-18-5-3-4-6-19(18)27-20/h3-10H,2,11-15H2,1H3/p+1. The molecule has 4 rings (SSSR count). The van der Waals surface area contributed by atoms with E-state index in [0.717, 1.165) is 30.2 Å². The summed E-state index contributed by atoms with van der Waals surface area (Å²) in [6, 6.07) is 14.8. The number of ether oxygens (including phenoxy) is 1. The first-order valence-corrected chi connectivity index (χ1v) is 11.7. The lowest BCUT2D eigenvalue weighted by molar-refractivity contribution is -0.917. The maximum Gasteiger partial charge on any atom is 0.243 e. The van der Waals surface area contributed by atoms with Gasteiger partial charge in [0.15, 0.2) is 0 Å². The predicted molar refractivity (Wildman–Crippen MR) is 110 cm³/mol. The fourth-order valence-corrected chi connectivity index (χ4v) is 5.93. The van der Waals surface area contributed by atoms with Crippen LogP contribution in [0, 0.1) is 0 Å². The summed E-state index contributed by atoms with van der Waals surface area (Å²) in [4.78, 5) is 6.40. The van der Waals surface area contributed by atoms with E-state index in [4.69, 9.17) is 9.72 Å². The minimum absolute atomic E-state index is 0.325. The lowest BCUT2D eigenvalue weighted by atomic mass is 10.3. The van der Waals surface area contributed by atoms with Crippen molar-refractivity contribution in [2.75, 3.05) is 32.8 Å². The van der Waals surface area contributed by atoms with Gasteiger partial charge in [0.1, 0.15) is 17.3 Å². The van der Waals surface area contributed by atoms with Crippen molar-refractivity contribution < 1.29 is 18.1 Å². The van der Waals surface area contributed by atoms with Gasteiger partial charge in [-0.25, -0.2) is 13.4 Å². The van der Waals surface area contributed by atoms with E-state index in [9.17, 15) is 8.42 Å². The number of sulfonamides is 1. The third-order valence-corrected chi connectivity index (χ3v) is 7.89. The smallest absolute Gasteiger partial charge is 0.243 e. The van der Waals surface area contributed by atoms with Gasteiger partial charge in [0.05, 0.1) is 47.9 Å². The number of piperazine rings is 1. The van der Waals surface area contributed by atoms with Crippen molar-refractivity contribution in [3.8, 4) is 5.75 Å². The van der Waals surface area contributed by atoms with Crippen LogP contribution in [0.5, 0.6) is 5.75 Å². The Labute approximate surface area is 169 Å². The third kappa shape index (κ3) is 4.05. The van der Waals surface area contributed by atoms with E-state index in [1.165, 1.54) is 9.60 Å². The average molecular weight is 419 g/mol. The summed E-state index contributed by atoms with van der Waals surface area (Å²) in [7, 11) is -3.46. The highest BCUT2D eigenvalue weighted by Gasteiger charge is 2.30. The molecule has 6 nitrogen and oxygen atoms in total. The van der Waals surface area contributed by atoms with Gasteiger partial charge in [0, 0.05) is 0 Å². The molecular weight excluding hydrogens is 394 g/mol. The quantitative estimate of drug-likeness (QED) is 0.663. The molecular formula is C20H24N3O3S2+. The highest BCUT2D eigenvalue weighted by Crippen LogP contribution is 2.22. The predicted octanol–water partition coefficient (Wildman–Crippen LogP) is 1.78. The Balaban J connectivity index is 1.38. The van der Waals surface area contributed by atoms with Crippen molar-refractivity contribution in [2.24, 2.45) is 0 Å². The second kappa shape index (κ2) is 8.16. The van der Waals surface area contributed by atoms with Crippen molar-refractivity contribution in [1.29, 1.82) is 0 Å². The maximum atomic E-state index is 12.9. The van der Waals surface area contributed by atoms with Crippen molar-refractivity contribution in [1.82, 2.24) is 9.29 Å². The third-order valence-electron chi connectivity index (χ3n) is 4.94. The molecule has 1 aliphatic heterocycles. The minimum atomic E-state index is -3.46. The van der Waals surface area contributed by atoms with Crippen LogP contribution in [0.25, 0.3) is 10.2 Å². The SMILES string of the molecule is CCOc1ccc(S(=O)(=O)N2CC[NH+](Cc3nc4ccccc4s3)CC2)cc1. The van der Waals surface area contributed by atoms with Crippen molar-refractivity contribution in [3.05, 3.63) is 53.5 Å². The Hall–Kier alpha value is -2.00. The second-order valence-electron chi connectivity index (χ2n) is 6.81. The molecule has 1 fully saturated rings. The number of hydrogen-bond donors (Lipinski definition) is 1. The fraction of sp³-hybridized carbons (Fsp3) is 0.350. The monoisotopic (exact) mass is 418 g/mol. The Kier molecular flexibility index (Phi) is 5.63. The molecule has 1 saturated heterocycles. The highest BCUT2D eigenvalue weighted by molar-refractivity contribution is 7.89. The number of rotatable bonds is 6. The molecule has 0 amide bonds. The largest absolute Gasteiger partial charge is 0.494 e. The van der Waals surface area contributed by atoms with Crippen molar-refractivity contribution in [3.63, 3.8) is 0 Å². The van der Waals surface area contributed by atoms with E-state index in [2.05, 4.69) is 6.07 Å². The van der Waals surface area contributed by atoms with E-state index in [1.807, 2.05) is 25.1 Å². The molecule has 1 aliphatic rings. The normalized spacial score (nSPS) is 16.5. The first-order chi connectivity index (χ1) is 13.6. The summed E-state index contributed by atoms with van der Waals surface area (Å²) in [6.45, 7) is 5.92. The minimum Gasteiger partial charge on any atom is -0.494 e. The van der Waals surface area contributed by atoms with Crippen LogP contribution in [0.1, 0.15) is 11.9 Å². The molecule has 148 valence electrons. The van der Waals surface area contributed by atoms with Gasteiger partial charge in [-0.1, -0.05) is 12.1 Å². The van der Waals surface area contributed by atoms with Gasteiger partial charge in [0.2, 0.25) is 10.0 Å². The number of hydrogen-bond acceptors (Lipinski definition) is 5. The first-order valence-electron chi connectivity index (χ1n) is 9.47. The number of quaternary nitrogens is 1. The fourth-order valence-electron chi connectivity index (χ4n) is 3.45. The van der Waals surface area contributed by atoms with Crippen LogP contribution in [-0.4, -0.2) is 50.5 Å². The number of para-hydroxylation sites is 1. The van der Waals surface area contributed by atoms with Gasteiger partial charge in [0.25, 0.3) is 0 Å². The zero-order valence-electron chi connectivity index (χ0n) is 15.8. The van der Waals surface area contributed by atoms with Crippen LogP contribution in [0.3, 0.4) is 0 Å². The van der Waals surface area contributed by atoms with E-state index in [-0.39, 0.29) is 0 Å². The van der Waals surface area contributed by atoms with Gasteiger partial charge < -0.3 is 9.64 Å². The number of nitrogens with zero attached hydrogens (tertiary/aromatic N) is 2. The van der Waals surface area contributed by atoms with Crippen LogP contribution in [0.15, 0.2) is 53.4 Å². The highest BCUT2D eigenvalue weighted by atomic mass is 32.2. The molecule has 2 heterocycles. The number of nitrogens with one attached hydrogen (secondary N) is 1. The van der Waals surface area contributed by atoms with Crippen LogP contribution in [-0.2, 0) is 16.6 Å². The Morgan fingerprint density at radius 3 is 2.50 bits per heavy atom. The van der Waals surface area contributed by atoms with Gasteiger partial charge in [-0.15, -0.1) is 11.3 Å². The topological polar surface area (TPSA) is 63.9 Å². The molecule has 0 bridgehead atoms. The molecule has 0 radical (unpaired) electrons. The lowest BCUT2D eigenvalue weighted by Crippen LogP contribution is -3.13. The number of benzene rings is 2. The van der Waals surface area contributed by atoms with Crippen LogP contribution >= 0.6 is 11.3 Å². The molecule has 0 aliphatic carbocycles. The number of aromatic nitrogens is 1.